The highest BCUT2D eigenvalue weighted by Gasteiger charge is 2.36. The molecule has 0 aliphatic carbocycles. The van der Waals surface area contributed by atoms with Crippen molar-refractivity contribution >= 4 is 25.6 Å². The van der Waals surface area contributed by atoms with E-state index in [1.54, 1.807) is 7.11 Å². The lowest BCUT2D eigenvalue weighted by atomic mass is 10.2. The van der Waals surface area contributed by atoms with Crippen molar-refractivity contribution in [2.75, 3.05) is 30.9 Å². The highest BCUT2D eigenvalue weighted by molar-refractivity contribution is 6.74. The van der Waals surface area contributed by atoms with Crippen molar-refractivity contribution in [2.24, 2.45) is 0 Å². The van der Waals surface area contributed by atoms with Crippen molar-refractivity contribution < 1.29 is 14.0 Å². The van der Waals surface area contributed by atoms with Crippen LogP contribution in [0.2, 0.25) is 18.1 Å². The normalized spacial score (nSPS) is 12.0. The smallest absolute Gasteiger partial charge is 0.221 e. The summed E-state index contributed by atoms with van der Waals surface area (Å²) in [5.74, 6) is 0.516. The van der Waals surface area contributed by atoms with Gasteiger partial charge in [0.15, 0.2) is 8.32 Å². The van der Waals surface area contributed by atoms with E-state index in [2.05, 4.69) is 44.5 Å². The van der Waals surface area contributed by atoms with Crippen LogP contribution in [0.1, 0.15) is 27.7 Å². The topological polar surface area (TPSA) is 59.6 Å². The fourth-order valence-electron chi connectivity index (χ4n) is 1.81. The molecule has 130 valence electrons. The molecule has 23 heavy (non-hydrogen) atoms. The van der Waals surface area contributed by atoms with E-state index >= 15 is 0 Å². The summed E-state index contributed by atoms with van der Waals surface area (Å²) >= 11 is 0. The second kappa shape index (κ2) is 7.83. The van der Waals surface area contributed by atoms with Gasteiger partial charge in [0.1, 0.15) is 5.75 Å². The summed E-state index contributed by atoms with van der Waals surface area (Å²) in [6.07, 6.45) is 0. The monoisotopic (exact) mass is 338 g/mol. The number of amides is 1. The zero-order valence-corrected chi connectivity index (χ0v) is 16.4. The molecule has 0 radical (unpaired) electrons. The number of methoxy groups -OCH3 is 1. The summed E-state index contributed by atoms with van der Waals surface area (Å²) < 4.78 is 11.4. The Hall–Kier alpha value is -1.53. The minimum Gasteiger partial charge on any atom is -0.494 e. The van der Waals surface area contributed by atoms with Crippen LogP contribution in [0.15, 0.2) is 18.2 Å². The van der Waals surface area contributed by atoms with Crippen molar-refractivity contribution in [1.82, 2.24) is 0 Å². The van der Waals surface area contributed by atoms with Crippen LogP contribution in [0.4, 0.5) is 11.4 Å². The maximum atomic E-state index is 11.2. The third-order valence-electron chi connectivity index (χ3n) is 4.21. The number of hydrogen-bond acceptors (Lipinski definition) is 4. The molecule has 0 aromatic heterocycles. The molecule has 0 fully saturated rings. The molecule has 0 bridgehead atoms. The Morgan fingerprint density at radius 2 is 1.91 bits per heavy atom. The first-order valence-electron chi connectivity index (χ1n) is 7.90. The van der Waals surface area contributed by atoms with Crippen molar-refractivity contribution in [1.29, 1.82) is 0 Å². The van der Waals surface area contributed by atoms with E-state index in [9.17, 15) is 4.79 Å². The molecule has 0 saturated carbocycles. The van der Waals surface area contributed by atoms with Gasteiger partial charge in [0.05, 0.1) is 19.4 Å². The van der Waals surface area contributed by atoms with Gasteiger partial charge in [-0.25, -0.2) is 0 Å². The second-order valence-corrected chi connectivity index (χ2v) is 11.9. The Morgan fingerprint density at radius 3 is 2.43 bits per heavy atom. The minimum absolute atomic E-state index is 0.119. The number of carbonyl (C=O) groups is 1. The van der Waals surface area contributed by atoms with Gasteiger partial charge < -0.3 is 19.8 Å². The summed E-state index contributed by atoms with van der Waals surface area (Å²) in [7, 11) is -0.112. The van der Waals surface area contributed by atoms with Crippen LogP contribution in [0.5, 0.6) is 5.75 Å². The Bertz CT molecular complexity index is 539. The predicted octanol–water partition coefficient (Wildman–Crippen LogP) is 4.09. The zero-order valence-electron chi connectivity index (χ0n) is 15.4. The van der Waals surface area contributed by atoms with Crippen LogP contribution in [0, 0.1) is 0 Å². The molecule has 0 saturated heterocycles. The second-order valence-electron chi connectivity index (χ2n) is 7.13. The molecule has 0 atom stereocenters. The summed E-state index contributed by atoms with van der Waals surface area (Å²) in [5, 5.41) is 6.29. The Morgan fingerprint density at radius 1 is 1.26 bits per heavy atom. The summed E-state index contributed by atoms with van der Waals surface area (Å²) in [6.45, 7) is 14.1. The van der Waals surface area contributed by atoms with Crippen molar-refractivity contribution in [3.8, 4) is 5.75 Å². The van der Waals surface area contributed by atoms with Gasteiger partial charge >= 0.3 is 0 Å². The van der Waals surface area contributed by atoms with Gasteiger partial charge in [-0.3, -0.25) is 4.79 Å². The SMILES string of the molecule is COc1cc(NCCO[Si](C)(C)C(C)(C)C)ccc1NC(C)=O. The molecule has 1 amide bonds. The highest BCUT2D eigenvalue weighted by atomic mass is 28.4. The number of nitrogens with one attached hydrogen (secondary N) is 2. The van der Waals surface area contributed by atoms with Crippen LogP contribution in [-0.2, 0) is 9.22 Å². The molecular formula is C17H30N2O3Si. The predicted molar refractivity (Wildman–Crippen MR) is 98.9 cm³/mol. The van der Waals surface area contributed by atoms with Crippen LogP contribution in [-0.4, -0.2) is 34.5 Å². The molecule has 0 heterocycles. The Labute approximate surface area is 140 Å². The number of anilines is 2. The lowest BCUT2D eigenvalue weighted by Crippen LogP contribution is -2.41. The van der Waals surface area contributed by atoms with Crippen LogP contribution < -0.4 is 15.4 Å². The molecule has 6 heteroatoms. The molecule has 0 aliphatic rings. The van der Waals surface area contributed by atoms with Crippen LogP contribution in [0.3, 0.4) is 0 Å². The van der Waals surface area contributed by atoms with Gasteiger partial charge in [-0.1, -0.05) is 20.8 Å². The minimum atomic E-state index is -1.70. The van der Waals surface area contributed by atoms with E-state index in [4.69, 9.17) is 9.16 Å². The van der Waals surface area contributed by atoms with E-state index in [1.165, 1.54) is 6.92 Å². The van der Waals surface area contributed by atoms with E-state index in [0.717, 1.165) is 12.2 Å². The fourth-order valence-corrected chi connectivity index (χ4v) is 2.86. The maximum Gasteiger partial charge on any atom is 0.221 e. The standard InChI is InChI=1S/C17H30N2O3Si/c1-13(20)19-15-9-8-14(12-16(15)21-5)18-10-11-22-23(6,7)17(2,3)4/h8-9,12,18H,10-11H2,1-7H3,(H,19,20). The summed E-state index contributed by atoms with van der Waals surface area (Å²) in [6, 6.07) is 5.62. The third kappa shape index (κ3) is 5.88. The van der Waals surface area contributed by atoms with E-state index < -0.39 is 8.32 Å². The Balaban J connectivity index is 2.57. The fraction of sp³-hybridized carbons (Fsp3) is 0.588. The summed E-state index contributed by atoms with van der Waals surface area (Å²) in [5.41, 5.74) is 1.61. The summed E-state index contributed by atoms with van der Waals surface area (Å²) in [4.78, 5) is 11.2. The van der Waals surface area contributed by atoms with Crippen molar-refractivity contribution in [3.63, 3.8) is 0 Å². The highest BCUT2D eigenvalue weighted by Crippen LogP contribution is 2.36. The van der Waals surface area contributed by atoms with Crippen LogP contribution in [0.25, 0.3) is 0 Å². The molecule has 1 aromatic rings. The molecule has 1 aromatic carbocycles. The first-order chi connectivity index (χ1) is 10.6. The first kappa shape index (κ1) is 19.5. The Kier molecular flexibility index (Phi) is 6.65. The number of ether oxygens (including phenoxy) is 1. The zero-order chi connectivity index (χ0) is 17.7. The van der Waals surface area contributed by atoms with Gasteiger partial charge in [-0.05, 0) is 30.3 Å². The molecule has 0 aliphatic heterocycles. The molecular weight excluding hydrogens is 308 g/mol. The number of carbonyl (C=O) groups excluding carboxylic acids is 1. The van der Waals surface area contributed by atoms with Crippen LogP contribution >= 0.6 is 0 Å². The molecule has 0 unspecified atom stereocenters. The average Bonchev–Trinajstić information content (AvgIpc) is 2.43. The third-order valence-corrected chi connectivity index (χ3v) is 8.75. The number of hydrogen-bond donors (Lipinski definition) is 2. The van der Waals surface area contributed by atoms with Crippen molar-refractivity contribution in [3.05, 3.63) is 18.2 Å². The maximum absolute atomic E-state index is 11.2. The largest absolute Gasteiger partial charge is 0.494 e. The van der Waals surface area contributed by atoms with Gasteiger partial charge in [-0.2, -0.15) is 0 Å². The molecule has 2 N–H and O–H groups in total. The average molecular weight is 339 g/mol. The van der Waals surface area contributed by atoms with E-state index in [-0.39, 0.29) is 10.9 Å². The quantitative estimate of drug-likeness (QED) is 0.581. The van der Waals surface area contributed by atoms with E-state index in [1.807, 2.05) is 18.2 Å². The van der Waals surface area contributed by atoms with Crippen molar-refractivity contribution in [2.45, 2.75) is 45.8 Å². The number of rotatable bonds is 7. The molecule has 0 spiro atoms. The van der Waals surface area contributed by atoms with Gasteiger partial charge in [0, 0.05) is 25.2 Å². The lowest BCUT2D eigenvalue weighted by Gasteiger charge is -2.36. The van der Waals surface area contributed by atoms with Gasteiger partial charge in [-0.15, -0.1) is 0 Å². The van der Waals surface area contributed by atoms with Gasteiger partial charge in [0.2, 0.25) is 5.91 Å². The van der Waals surface area contributed by atoms with Gasteiger partial charge in [0.25, 0.3) is 0 Å². The lowest BCUT2D eigenvalue weighted by molar-refractivity contribution is -0.114. The van der Waals surface area contributed by atoms with E-state index in [0.29, 0.717) is 18.0 Å². The first-order valence-corrected chi connectivity index (χ1v) is 10.8. The number of benzene rings is 1. The molecule has 1 rings (SSSR count). The molecule has 5 nitrogen and oxygen atoms in total.